The lowest BCUT2D eigenvalue weighted by atomic mass is 9.94. The van der Waals surface area contributed by atoms with Crippen LogP contribution in [0, 0.1) is 5.92 Å². The van der Waals surface area contributed by atoms with Gasteiger partial charge in [-0.1, -0.05) is 73.0 Å². The highest BCUT2D eigenvalue weighted by atomic mass is 35.5. The van der Waals surface area contributed by atoms with Crippen molar-refractivity contribution in [2.75, 3.05) is 39.4 Å². The number of carbonyl (C=O) groups excluding carboxylic acids is 3. The average Bonchev–Trinajstić information content (AvgIpc) is 4.01. The molecule has 3 fully saturated rings. The number of fused-ring (bicyclic) bond motifs is 2. The molecule has 3 aromatic carbocycles. The zero-order valence-corrected chi connectivity index (χ0v) is 33.8. The maximum Gasteiger partial charge on any atom is 0.371 e. The van der Waals surface area contributed by atoms with Gasteiger partial charge in [-0.2, -0.15) is 0 Å². The summed E-state index contributed by atoms with van der Waals surface area (Å²) in [7, 11) is 0. The number of carbonyl (C=O) groups is 4. The van der Waals surface area contributed by atoms with E-state index in [9.17, 15) is 19.2 Å². The van der Waals surface area contributed by atoms with Crippen LogP contribution in [-0.2, 0) is 25.5 Å². The second kappa shape index (κ2) is 19.3. The Balaban J connectivity index is 0.000000333. The Hall–Kier alpha value is -4.79. The van der Waals surface area contributed by atoms with Crippen LogP contribution >= 0.6 is 22.9 Å². The molecule has 3 amide bonds. The first-order valence-corrected chi connectivity index (χ1v) is 21.2. The van der Waals surface area contributed by atoms with Crippen molar-refractivity contribution >= 4 is 67.7 Å². The van der Waals surface area contributed by atoms with E-state index < -0.39 is 17.6 Å². The van der Waals surface area contributed by atoms with E-state index in [-0.39, 0.29) is 29.8 Å². The van der Waals surface area contributed by atoms with Gasteiger partial charge in [-0.25, -0.2) is 4.79 Å². The smallest absolute Gasteiger partial charge is 0.371 e. The van der Waals surface area contributed by atoms with Gasteiger partial charge in [0, 0.05) is 34.6 Å². The third kappa shape index (κ3) is 10.6. The van der Waals surface area contributed by atoms with Crippen LogP contribution in [0.1, 0.15) is 70.7 Å². The number of furan rings is 1. The molecular weight excluding hydrogens is 780 g/mol. The third-order valence-corrected chi connectivity index (χ3v) is 12.4. The highest BCUT2D eigenvalue weighted by molar-refractivity contribution is 7.20. The number of aromatic carboxylic acids is 1. The van der Waals surface area contributed by atoms with Gasteiger partial charge in [-0.3, -0.25) is 19.3 Å². The molecule has 306 valence electrons. The van der Waals surface area contributed by atoms with Crippen LogP contribution in [0.2, 0.25) is 5.02 Å². The summed E-state index contributed by atoms with van der Waals surface area (Å²) >= 11 is 7.14. The van der Waals surface area contributed by atoms with Crippen LogP contribution in [0.5, 0.6) is 0 Å². The Bertz CT molecular complexity index is 2160. The number of amides is 3. The molecule has 3 aliphatic rings. The third-order valence-electron chi connectivity index (χ3n) is 11.1. The van der Waals surface area contributed by atoms with Crippen molar-refractivity contribution in [1.29, 1.82) is 0 Å². The van der Waals surface area contributed by atoms with Crippen LogP contribution < -0.4 is 16.0 Å². The number of carboxylic acid groups (broad SMARTS) is 1. The molecule has 1 atom stereocenters. The molecule has 1 aliphatic carbocycles. The van der Waals surface area contributed by atoms with E-state index in [1.54, 1.807) is 18.2 Å². The van der Waals surface area contributed by atoms with E-state index in [1.807, 2.05) is 60.7 Å². The molecule has 4 heterocycles. The molecule has 0 radical (unpaired) electrons. The summed E-state index contributed by atoms with van der Waals surface area (Å²) in [4.78, 5) is 54.6. The first-order chi connectivity index (χ1) is 28.1. The number of halogens is 1. The number of benzene rings is 3. The lowest BCUT2D eigenvalue weighted by Crippen LogP contribution is -2.61. The van der Waals surface area contributed by atoms with Crippen LogP contribution in [-0.4, -0.2) is 91.0 Å². The van der Waals surface area contributed by atoms with Gasteiger partial charge in [0.05, 0.1) is 18.1 Å². The number of carboxylic acids is 1. The second-order valence-electron chi connectivity index (χ2n) is 15.2. The predicted molar refractivity (Wildman–Crippen MR) is 223 cm³/mol. The molecule has 0 spiro atoms. The van der Waals surface area contributed by atoms with Crippen molar-refractivity contribution in [3.8, 4) is 0 Å². The number of ether oxygens (including phenoxy) is 2. The highest BCUT2D eigenvalue weighted by Crippen LogP contribution is 2.32. The lowest BCUT2D eigenvalue weighted by Gasteiger charge is -2.35. The molecule has 12 nitrogen and oxygen atoms in total. The van der Waals surface area contributed by atoms with Gasteiger partial charge in [0.1, 0.15) is 17.2 Å². The Morgan fingerprint density at radius 2 is 1.60 bits per heavy atom. The number of piperidine rings is 1. The van der Waals surface area contributed by atoms with Crippen molar-refractivity contribution in [3.63, 3.8) is 0 Å². The van der Waals surface area contributed by atoms with E-state index >= 15 is 0 Å². The molecule has 14 heteroatoms. The number of likely N-dealkylation sites (tertiary alicyclic amines) is 1. The van der Waals surface area contributed by atoms with Crippen molar-refractivity contribution in [2.45, 2.75) is 69.2 Å². The largest absolute Gasteiger partial charge is 0.475 e. The fourth-order valence-electron chi connectivity index (χ4n) is 7.83. The predicted octanol–water partition coefficient (Wildman–Crippen LogP) is 7.05. The van der Waals surface area contributed by atoms with Crippen LogP contribution in [0.25, 0.3) is 21.1 Å². The van der Waals surface area contributed by atoms with Crippen molar-refractivity contribution < 1.29 is 38.2 Å². The molecule has 0 unspecified atom stereocenters. The van der Waals surface area contributed by atoms with Crippen molar-refractivity contribution in [2.24, 2.45) is 5.92 Å². The first kappa shape index (κ1) is 41.4. The molecule has 4 N–H and O–H groups in total. The molecule has 58 heavy (non-hydrogen) atoms. The number of hydrogen-bond donors (Lipinski definition) is 4. The summed E-state index contributed by atoms with van der Waals surface area (Å²) in [6.45, 7) is 4.75. The molecule has 5 aromatic rings. The van der Waals surface area contributed by atoms with Crippen LogP contribution in [0.3, 0.4) is 0 Å². The number of hydrogen-bond acceptors (Lipinski definition) is 9. The van der Waals surface area contributed by atoms with E-state index in [0.717, 1.165) is 80.6 Å². The number of nitrogens with zero attached hydrogens (tertiary/aromatic N) is 1. The van der Waals surface area contributed by atoms with E-state index in [1.165, 1.54) is 17.4 Å². The van der Waals surface area contributed by atoms with Crippen molar-refractivity contribution in [3.05, 3.63) is 106 Å². The Kier molecular flexibility index (Phi) is 13.8. The number of thiophene rings is 1. The Labute approximate surface area is 346 Å². The monoisotopic (exact) mass is 828 g/mol. The SMILES string of the molecule is O=C(NC1(C(=O)N[C@H](Cc2ccccc2)C(=O)NCC2CCN(CC3OCCCO3)CC2)CCCC1)c1cc2ccccc2s1.O=C(O)c1cc2cc(Cl)ccc2o1. The molecule has 0 bridgehead atoms. The number of rotatable bonds is 12. The minimum absolute atomic E-state index is 0.0720. The van der Waals surface area contributed by atoms with E-state index in [0.29, 0.717) is 52.6 Å². The summed E-state index contributed by atoms with van der Waals surface area (Å²) in [5.41, 5.74) is 0.455. The van der Waals surface area contributed by atoms with Gasteiger partial charge >= 0.3 is 5.97 Å². The van der Waals surface area contributed by atoms with Crippen LogP contribution in [0.4, 0.5) is 0 Å². The van der Waals surface area contributed by atoms with Gasteiger partial charge < -0.3 is 34.9 Å². The zero-order valence-electron chi connectivity index (χ0n) is 32.3. The highest BCUT2D eigenvalue weighted by Gasteiger charge is 2.44. The molecule has 2 aromatic heterocycles. The standard InChI is InChI=1S/C35H44N4O5S.C9H5ClO3/c40-32(36-23-26-13-17-39(18-14-26)24-31-43-19-8-20-44-31)28(21-25-9-2-1-3-10-25)37-34(42)35(15-6-7-16-35)38-33(41)30-22-27-11-4-5-12-29(27)45-30;10-6-1-2-7-5(3-6)4-8(13-7)9(11)12/h1-5,9-12,22,26,28,31H,6-8,13-21,23-24H2,(H,36,40)(H,37,42)(H,38,41);1-4H,(H,11,12)/t28-;/m1./s1. The van der Waals surface area contributed by atoms with Gasteiger partial charge in [0.25, 0.3) is 5.91 Å². The quantitative estimate of drug-likeness (QED) is 0.103. The maximum atomic E-state index is 14.0. The Morgan fingerprint density at radius 3 is 2.33 bits per heavy atom. The lowest BCUT2D eigenvalue weighted by molar-refractivity contribution is -0.187. The molecule has 2 saturated heterocycles. The normalized spacial score (nSPS) is 17.9. The molecule has 1 saturated carbocycles. The molecule has 8 rings (SSSR count). The summed E-state index contributed by atoms with van der Waals surface area (Å²) in [5.74, 6) is -1.50. The van der Waals surface area contributed by atoms with Gasteiger partial charge in [-0.05, 0) is 98.5 Å². The summed E-state index contributed by atoms with van der Waals surface area (Å²) < 4.78 is 17.5. The second-order valence-corrected chi connectivity index (χ2v) is 16.7. The van der Waals surface area contributed by atoms with Gasteiger partial charge in [-0.15, -0.1) is 11.3 Å². The first-order valence-electron chi connectivity index (χ1n) is 20.0. The molecule has 2 aliphatic heterocycles. The summed E-state index contributed by atoms with van der Waals surface area (Å²) in [6.07, 6.45) is 5.92. The van der Waals surface area contributed by atoms with E-state index in [4.69, 9.17) is 30.6 Å². The summed E-state index contributed by atoms with van der Waals surface area (Å²) in [6, 6.07) is 25.2. The summed E-state index contributed by atoms with van der Waals surface area (Å²) in [5, 5.41) is 20.2. The molecular formula is C44H49ClN4O8S. The van der Waals surface area contributed by atoms with Crippen molar-refractivity contribution in [1.82, 2.24) is 20.9 Å². The van der Waals surface area contributed by atoms with Gasteiger partial charge in [0.15, 0.2) is 6.29 Å². The minimum Gasteiger partial charge on any atom is -0.475 e. The Morgan fingerprint density at radius 1 is 0.879 bits per heavy atom. The number of nitrogens with one attached hydrogen (secondary N) is 3. The fourth-order valence-corrected chi connectivity index (χ4v) is 8.97. The maximum absolute atomic E-state index is 14.0. The van der Waals surface area contributed by atoms with E-state index in [2.05, 4.69) is 20.9 Å². The minimum atomic E-state index is -1.08. The fraction of sp³-hybridized carbons (Fsp3) is 0.409. The topological polar surface area (TPSA) is 159 Å². The van der Waals surface area contributed by atoms with Gasteiger partial charge in [0.2, 0.25) is 17.6 Å². The average molecular weight is 829 g/mol. The zero-order chi connectivity index (χ0) is 40.5. The van der Waals surface area contributed by atoms with Crippen LogP contribution in [0.15, 0.2) is 89.3 Å².